The Kier molecular flexibility index (Phi) is 2.79. The third kappa shape index (κ3) is 1.78. The third-order valence-electron chi connectivity index (χ3n) is 3.52. The minimum atomic E-state index is -1.03. The lowest BCUT2D eigenvalue weighted by Gasteiger charge is -1.98. The van der Waals surface area contributed by atoms with E-state index in [2.05, 4.69) is 10.2 Å². The maximum atomic E-state index is 11.0. The Morgan fingerprint density at radius 3 is 2.80 bits per heavy atom. The molecule has 3 aromatic rings. The van der Waals surface area contributed by atoms with Gasteiger partial charge in [-0.3, -0.25) is 5.10 Å². The number of rotatable bonds is 2. The van der Waals surface area contributed by atoms with Crippen LogP contribution in [0.3, 0.4) is 0 Å². The van der Waals surface area contributed by atoms with Crippen molar-refractivity contribution in [1.29, 1.82) is 0 Å². The first-order chi connectivity index (χ1) is 9.49. The number of aromatic carboxylic acids is 1. The molecule has 0 saturated heterocycles. The molecule has 0 saturated carbocycles. The van der Waals surface area contributed by atoms with Crippen LogP contribution in [0.5, 0.6) is 0 Å². The van der Waals surface area contributed by atoms with Crippen molar-refractivity contribution in [2.45, 2.75) is 6.92 Å². The van der Waals surface area contributed by atoms with Crippen LogP contribution in [0.4, 0.5) is 0 Å². The zero-order chi connectivity index (χ0) is 14.4. The highest BCUT2D eigenvalue weighted by Gasteiger charge is 2.17. The summed E-state index contributed by atoms with van der Waals surface area (Å²) >= 11 is 6.06. The van der Waals surface area contributed by atoms with E-state index in [9.17, 15) is 4.79 Å². The molecule has 0 aliphatic rings. The van der Waals surface area contributed by atoms with Gasteiger partial charge in [-0.05, 0) is 31.2 Å². The molecule has 5 nitrogen and oxygen atoms in total. The first-order valence-electron chi connectivity index (χ1n) is 6.02. The minimum Gasteiger partial charge on any atom is -0.477 e. The third-order valence-corrected chi connectivity index (χ3v) is 3.75. The van der Waals surface area contributed by atoms with Crippen LogP contribution in [-0.4, -0.2) is 25.8 Å². The van der Waals surface area contributed by atoms with Crippen molar-refractivity contribution >= 4 is 28.5 Å². The molecule has 102 valence electrons. The second-order valence-electron chi connectivity index (χ2n) is 4.65. The quantitative estimate of drug-likeness (QED) is 0.761. The Labute approximate surface area is 119 Å². The van der Waals surface area contributed by atoms with Crippen molar-refractivity contribution in [3.8, 4) is 11.3 Å². The van der Waals surface area contributed by atoms with Gasteiger partial charge in [-0.2, -0.15) is 5.10 Å². The predicted octanol–water partition coefficient (Wildman–Crippen LogP) is 3.23. The molecule has 0 amide bonds. The van der Waals surface area contributed by atoms with E-state index in [4.69, 9.17) is 16.7 Å². The monoisotopic (exact) mass is 289 g/mol. The Bertz CT molecular complexity index is 832. The number of nitrogens with zero attached hydrogens (tertiary/aromatic N) is 2. The van der Waals surface area contributed by atoms with Crippen molar-refractivity contribution in [2.24, 2.45) is 7.05 Å². The highest BCUT2D eigenvalue weighted by molar-refractivity contribution is 6.31. The van der Waals surface area contributed by atoms with Gasteiger partial charge in [0.05, 0.1) is 5.69 Å². The van der Waals surface area contributed by atoms with E-state index in [0.29, 0.717) is 10.7 Å². The number of hydrogen-bond acceptors (Lipinski definition) is 2. The van der Waals surface area contributed by atoms with Crippen LogP contribution in [0.15, 0.2) is 24.3 Å². The van der Waals surface area contributed by atoms with Gasteiger partial charge in [0, 0.05) is 34.2 Å². The van der Waals surface area contributed by atoms with Gasteiger partial charge < -0.3 is 9.67 Å². The number of hydrogen-bond donors (Lipinski definition) is 2. The number of halogens is 1. The molecular formula is C14H12ClN3O2. The van der Waals surface area contributed by atoms with Gasteiger partial charge in [0.25, 0.3) is 0 Å². The van der Waals surface area contributed by atoms with Crippen LogP contribution in [-0.2, 0) is 7.05 Å². The number of benzene rings is 1. The topological polar surface area (TPSA) is 70.9 Å². The number of carboxylic acid groups (broad SMARTS) is 1. The zero-order valence-electron chi connectivity index (χ0n) is 10.9. The molecule has 2 aromatic heterocycles. The molecule has 0 aliphatic heterocycles. The molecule has 6 heteroatoms. The van der Waals surface area contributed by atoms with Gasteiger partial charge in [0.2, 0.25) is 0 Å². The van der Waals surface area contributed by atoms with Gasteiger partial charge in [0.1, 0.15) is 5.69 Å². The van der Waals surface area contributed by atoms with Crippen molar-refractivity contribution in [2.75, 3.05) is 0 Å². The number of carbonyl (C=O) groups is 1. The van der Waals surface area contributed by atoms with Gasteiger partial charge >= 0.3 is 5.97 Å². The largest absolute Gasteiger partial charge is 0.477 e. The number of aromatic nitrogens is 3. The van der Waals surface area contributed by atoms with Gasteiger partial charge in [0.15, 0.2) is 0 Å². The summed E-state index contributed by atoms with van der Waals surface area (Å²) in [6.07, 6.45) is 0. The van der Waals surface area contributed by atoms with Crippen molar-refractivity contribution in [3.63, 3.8) is 0 Å². The van der Waals surface area contributed by atoms with Crippen LogP contribution in [0.25, 0.3) is 22.2 Å². The zero-order valence-corrected chi connectivity index (χ0v) is 11.7. The van der Waals surface area contributed by atoms with E-state index < -0.39 is 5.97 Å². The van der Waals surface area contributed by atoms with Crippen molar-refractivity contribution in [1.82, 2.24) is 14.8 Å². The van der Waals surface area contributed by atoms with E-state index in [1.54, 1.807) is 0 Å². The normalized spacial score (nSPS) is 11.2. The molecule has 0 aliphatic carbocycles. The van der Waals surface area contributed by atoms with Crippen LogP contribution in [0, 0.1) is 6.92 Å². The Balaban J connectivity index is 2.31. The first-order valence-corrected chi connectivity index (χ1v) is 6.40. The fraction of sp³-hybridized carbons (Fsp3) is 0.143. The molecule has 2 N–H and O–H groups in total. The number of aryl methyl sites for hydroxylation is 1. The summed E-state index contributed by atoms with van der Waals surface area (Å²) in [5.74, 6) is -1.03. The lowest BCUT2D eigenvalue weighted by Crippen LogP contribution is -1.95. The van der Waals surface area contributed by atoms with Gasteiger partial charge in [-0.15, -0.1) is 0 Å². The summed E-state index contributed by atoms with van der Waals surface area (Å²) in [5, 5.41) is 17.2. The molecule has 20 heavy (non-hydrogen) atoms. The van der Waals surface area contributed by atoms with Crippen LogP contribution < -0.4 is 0 Å². The predicted molar refractivity (Wildman–Crippen MR) is 77.2 cm³/mol. The molecular weight excluding hydrogens is 278 g/mol. The Morgan fingerprint density at radius 2 is 2.15 bits per heavy atom. The van der Waals surface area contributed by atoms with E-state index in [-0.39, 0.29) is 5.69 Å². The average Bonchev–Trinajstić information content (AvgIpc) is 2.95. The lowest BCUT2D eigenvalue weighted by molar-refractivity contribution is 0.0690. The number of carboxylic acids is 1. The second-order valence-corrected chi connectivity index (χ2v) is 5.09. The molecule has 0 unspecified atom stereocenters. The van der Waals surface area contributed by atoms with Crippen molar-refractivity contribution in [3.05, 3.63) is 40.7 Å². The van der Waals surface area contributed by atoms with Gasteiger partial charge in [-0.1, -0.05) is 11.6 Å². The molecule has 0 fully saturated rings. The summed E-state index contributed by atoms with van der Waals surface area (Å²) < 4.78 is 2.04. The van der Waals surface area contributed by atoms with Crippen LogP contribution in [0.2, 0.25) is 5.02 Å². The fourth-order valence-electron chi connectivity index (χ4n) is 2.43. The second kappa shape index (κ2) is 4.38. The highest BCUT2D eigenvalue weighted by atomic mass is 35.5. The summed E-state index contributed by atoms with van der Waals surface area (Å²) in [6, 6.07) is 7.18. The number of aromatic amines is 1. The maximum Gasteiger partial charge on any atom is 0.353 e. The van der Waals surface area contributed by atoms with Crippen LogP contribution in [0.1, 0.15) is 16.2 Å². The molecule has 0 spiro atoms. The number of H-pyrrole nitrogens is 1. The summed E-state index contributed by atoms with van der Waals surface area (Å²) in [5.41, 5.74) is 3.60. The molecule has 1 aromatic carbocycles. The van der Waals surface area contributed by atoms with E-state index >= 15 is 0 Å². The average molecular weight is 290 g/mol. The van der Waals surface area contributed by atoms with Crippen molar-refractivity contribution < 1.29 is 9.90 Å². The molecule has 0 bridgehead atoms. The summed E-state index contributed by atoms with van der Waals surface area (Å²) in [7, 11) is 1.96. The Hall–Kier alpha value is -2.27. The molecule has 0 radical (unpaired) electrons. The number of nitrogens with one attached hydrogen (secondary N) is 1. The minimum absolute atomic E-state index is 0.0680. The molecule has 3 rings (SSSR count). The van der Waals surface area contributed by atoms with E-state index in [1.807, 2.05) is 36.7 Å². The molecule has 2 heterocycles. The smallest absolute Gasteiger partial charge is 0.353 e. The SMILES string of the molecule is Cc1c(-c2cc(C(=O)O)[nH]n2)c2cc(Cl)ccc2n1C. The maximum absolute atomic E-state index is 11.0. The first kappa shape index (κ1) is 12.7. The fourth-order valence-corrected chi connectivity index (χ4v) is 2.60. The van der Waals surface area contributed by atoms with Gasteiger partial charge in [-0.25, -0.2) is 4.79 Å². The number of fused-ring (bicyclic) bond motifs is 1. The summed E-state index contributed by atoms with van der Waals surface area (Å²) in [6.45, 7) is 1.97. The standard InChI is InChI=1S/C14H12ClN3O2/c1-7-13(10-6-11(14(19)20)17-16-10)9-5-8(15)3-4-12(9)18(7)2/h3-6H,1-2H3,(H,16,17)(H,19,20). The highest BCUT2D eigenvalue weighted by Crippen LogP contribution is 2.34. The Morgan fingerprint density at radius 1 is 1.40 bits per heavy atom. The van der Waals surface area contributed by atoms with E-state index in [0.717, 1.165) is 22.2 Å². The lowest BCUT2D eigenvalue weighted by atomic mass is 10.1. The summed E-state index contributed by atoms with van der Waals surface area (Å²) in [4.78, 5) is 11.0. The van der Waals surface area contributed by atoms with Crippen LogP contribution >= 0.6 is 11.6 Å². The van der Waals surface area contributed by atoms with E-state index in [1.165, 1.54) is 6.07 Å². The molecule has 0 atom stereocenters.